The van der Waals surface area contributed by atoms with Crippen molar-refractivity contribution in [2.75, 3.05) is 13.1 Å². The van der Waals surface area contributed by atoms with Crippen LogP contribution in [0.5, 0.6) is 0 Å². The molecule has 0 bridgehead atoms. The van der Waals surface area contributed by atoms with Gasteiger partial charge in [-0.15, -0.1) is 0 Å². The molecule has 1 heterocycles. The number of benzene rings is 1. The van der Waals surface area contributed by atoms with Crippen molar-refractivity contribution in [1.82, 2.24) is 4.90 Å². The molecule has 1 amide bonds. The zero-order valence-electron chi connectivity index (χ0n) is 12.3. The Bertz CT molecular complexity index is 525. The van der Waals surface area contributed by atoms with Crippen molar-refractivity contribution in [2.45, 2.75) is 26.2 Å². The normalized spacial score (nSPS) is 16.3. The van der Waals surface area contributed by atoms with Crippen LogP contribution in [0.3, 0.4) is 0 Å². The van der Waals surface area contributed by atoms with E-state index in [1.165, 1.54) is 5.56 Å². The van der Waals surface area contributed by atoms with E-state index in [1.807, 2.05) is 43.3 Å². The van der Waals surface area contributed by atoms with Crippen molar-refractivity contribution in [2.24, 2.45) is 5.92 Å². The quantitative estimate of drug-likeness (QED) is 0.926. The van der Waals surface area contributed by atoms with Crippen molar-refractivity contribution >= 4 is 18.0 Å². The number of piperidine rings is 1. The minimum absolute atomic E-state index is 0.0715. The average Bonchev–Trinajstić information content (AvgIpc) is 2.49. The highest BCUT2D eigenvalue weighted by Crippen LogP contribution is 2.18. The number of likely N-dealkylation sites (tertiary alicyclic amines) is 1. The number of aliphatic carboxylic acids is 1. The second kappa shape index (κ2) is 7.07. The van der Waals surface area contributed by atoms with E-state index in [1.54, 1.807) is 4.90 Å². The Hall–Kier alpha value is -2.10. The number of rotatable bonds is 4. The van der Waals surface area contributed by atoms with Crippen LogP contribution < -0.4 is 0 Å². The van der Waals surface area contributed by atoms with Gasteiger partial charge in [-0.05, 0) is 25.3 Å². The molecule has 1 saturated heterocycles. The van der Waals surface area contributed by atoms with Crippen LogP contribution >= 0.6 is 0 Å². The van der Waals surface area contributed by atoms with Gasteiger partial charge in [0.25, 0.3) is 0 Å². The van der Waals surface area contributed by atoms with E-state index in [4.69, 9.17) is 5.11 Å². The molecular formula is C17H21NO3. The van der Waals surface area contributed by atoms with Crippen molar-refractivity contribution in [3.63, 3.8) is 0 Å². The first-order valence-corrected chi connectivity index (χ1v) is 7.30. The summed E-state index contributed by atoms with van der Waals surface area (Å²) in [7, 11) is 0. The first-order valence-electron chi connectivity index (χ1n) is 7.30. The maximum absolute atomic E-state index is 12.0. The van der Waals surface area contributed by atoms with Crippen molar-refractivity contribution < 1.29 is 14.7 Å². The number of aryl methyl sites for hydroxylation is 1. The van der Waals surface area contributed by atoms with Crippen LogP contribution in [-0.4, -0.2) is 35.0 Å². The SMILES string of the molecule is Cc1ccc(C=CCC(=O)N2CCC(C(=O)O)CC2)cc1. The first kappa shape index (κ1) is 15.3. The zero-order valence-corrected chi connectivity index (χ0v) is 12.3. The van der Waals surface area contributed by atoms with Gasteiger partial charge in [0.15, 0.2) is 0 Å². The molecule has 0 aromatic heterocycles. The van der Waals surface area contributed by atoms with Crippen molar-refractivity contribution in [3.8, 4) is 0 Å². The lowest BCUT2D eigenvalue weighted by Crippen LogP contribution is -2.39. The van der Waals surface area contributed by atoms with Gasteiger partial charge < -0.3 is 10.0 Å². The van der Waals surface area contributed by atoms with Crippen LogP contribution in [0.15, 0.2) is 30.3 Å². The summed E-state index contributed by atoms with van der Waals surface area (Å²) in [4.78, 5) is 24.7. The number of carboxylic acid groups (broad SMARTS) is 1. The van der Waals surface area contributed by atoms with Gasteiger partial charge in [0, 0.05) is 19.5 Å². The van der Waals surface area contributed by atoms with Gasteiger partial charge in [-0.2, -0.15) is 0 Å². The molecule has 1 aliphatic heterocycles. The molecule has 1 aromatic carbocycles. The summed E-state index contributed by atoms with van der Waals surface area (Å²) in [6.07, 6.45) is 5.30. The molecule has 1 fully saturated rings. The molecule has 1 N–H and O–H groups in total. The number of amides is 1. The Morgan fingerprint density at radius 2 is 1.86 bits per heavy atom. The Morgan fingerprint density at radius 1 is 1.24 bits per heavy atom. The molecule has 4 nitrogen and oxygen atoms in total. The second-order valence-corrected chi connectivity index (χ2v) is 5.51. The summed E-state index contributed by atoms with van der Waals surface area (Å²) in [6.45, 7) is 3.14. The third kappa shape index (κ3) is 4.45. The topological polar surface area (TPSA) is 57.6 Å². The maximum atomic E-state index is 12.0. The van der Waals surface area contributed by atoms with Gasteiger partial charge in [0.1, 0.15) is 0 Å². The fourth-order valence-electron chi connectivity index (χ4n) is 2.48. The predicted molar refractivity (Wildman–Crippen MR) is 81.8 cm³/mol. The Balaban J connectivity index is 1.80. The van der Waals surface area contributed by atoms with E-state index in [-0.39, 0.29) is 11.8 Å². The molecule has 4 heteroatoms. The summed E-state index contributed by atoms with van der Waals surface area (Å²) in [5, 5.41) is 8.94. The highest BCUT2D eigenvalue weighted by molar-refractivity contribution is 5.79. The number of carbonyl (C=O) groups is 2. The van der Waals surface area contributed by atoms with Gasteiger partial charge in [0.05, 0.1) is 5.92 Å². The summed E-state index contributed by atoms with van der Waals surface area (Å²) in [5.41, 5.74) is 2.29. The monoisotopic (exact) mass is 287 g/mol. The van der Waals surface area contributed by atoms with Gasteiger partial charge in [-0.25, -0.2) is 0 Å². The van der Waals surface area contributed by atoms with E-state index < -0.39 is 5.97 Å². The fraction of sp³-hybridized carbons (Fsp3) is 0.412. The van der Waals surface area contributed by atoms with Crippen LogP contribution in [0, 0.1) is 12.8 Å². The largest absolute Gasteiger partial charge is 0.481 e. The molecule has 112 valence electrons. The molecule has 0 spiro atoms. The molecule has 0 atom stereocenters. The molecule has 0 aliphatic carbocycles. The van der Waals surface area contributed by atoms with Crippen molar-refractivity contribution in [3.05, 3.63) is 41.5 Å². The number of nitrogens with zero attached hydrogens (tertiary/aromatic N) is 1. The molecular weight excluding hydrogens is 266 g/mol. The van der Waals surface area contributed by atoms with Crippen LogP contribution in [0.1, 0.15) is 30.4 Å². The molecule has 1 aliphatic rings. The van der Waals surface area contributed by atoms with Crippen LogP contribution in [0.4, 0.5) is 0 Å². The molecule has 0 saturated carbocycles. The summed E-state index contributed by atoms with van der Waals surface area (Å²) < 4.78 is 0. The van der Waals surface area contributed by atoms with Gasteiger partial charge >= 0.3 is 5.97 Å². The average molecular weight is 287 g/mol. The van der Waals surface area contributed by atoms with E-state index in [2.05, 4.69) is 0 Å². The smallest absolute Gasteiger partial charge is 0.306 e. The first-order chi connectivity index (χ1) is 10.1. The molecule has 0 unspecified atom stereocenters. The summed E-state index contributed by atoms with van der Waals surface area (Å²) >= 11 is 0. The lowest BCUT2D eigenvalue weighted by Gasteiger charge is -2.29. The van der Waals surface area contributed by atoms with Gasteiger partial charge in [-0.3, -0.25) is 9.59 Å². The third-order valence-electron chi connectivity index (χ3n) is 3.88. The summed E-state index contributed by atoms with van der Waals surface area (Å²) in [5.74, 6) is -0.972. The van der Waals surface area contributed by atoms with E-state index in [0.717, 1.165) is 5.56 Å². The Labute approximate surface area is 125 Å². The minimum Gasteiger partial charge on any atom is -0.481 e. The third-order valence-corrected chi connectivity index (χ3v) is 3.88. The lowest BCUT2D eigenvalue weighted by atomic mass is 9.97. The van der Waals surface area contributed by atoms with Crippen LogP contribution in [0.2, 0.25) is 0 Å². The fourth-order valence-corrected chi connectivity index (χ4v) is 2.48. The van der Waals surface area contributed by atoms with Crippen LogP contribution in [0.25, 0.3) is 6.08 Å². The predicted octanol–water partition coefficient (Wildman–Crippen LogP) is 2.72. The maximum Gasteiger partial charge on any atom is 0.306 e. The minimum atomic E-state index is -0.749. The summed E-state index contributed by atoms with van der Waals surface area (Å²) in [6, 6.07) is 8.12. The number of carboxylic acids is 1. The van der Waals surface area contributed by atoms with E-state index in [9.17, 15) is 9.59 Å². The highest BCUT2D eigenvalue weighted by atomic mass is 16.4. The van der Waals surface area contributed by atoms with Crippen molar-refractivity contribution in [1.29, 1.82) is 0 Å². The zero-order chi connectivity index (χ0) is 15.2. The standard InChI is InChI=1S/C17H21NO3/c1-13-5-7-14(8-6-13)3-2-4-16(19)18-11-9-15(10-12-18)17(20)21/h2-3,5-8,15H,4,9-12H2,1H3,(H,20,21). The van der Waals surface area contributed by atoms with Crippen LogP contribution in [-0.2, 0) is 9.59 Å². The van der Waals surface area contributed by atoms with Gasteiger partial charge in [-0.1, -0.05) is 42.0 Å². The van der Waals surface area contributed by atoms with E-state index >= 15 is 0 Å². The Kier molecular flexibility index (Phi) is 5.14. The molecule has 1 aromatic rings. The molecule has 21 heavy (non-hydrogen) atoms. The molecule has 0 radical (unpaired) electrons. The number of hydrogen-bond donors (Lipinski definition) is 1. The number of hydrogen-bond acceptors (Lipinski definition) is 2. The van der Waals surface area contributed by atoms with E-state index in [0.29, 0.717) is 32.4 Å². The highest BCUT2D eigenvalue weighted by Gasteiger charge is 2.26. The Morgan fingerprint density at radius 3 is 2.43 bits per heavy atom. The number of carbonyl (C=O) groups excluding carboxylic acids is 1. The molecule has 2 rings (SSSR count). The lowest BCUT2D eigenvalue weighted by molar-refractivity contribution is -0.145. The second-order valence-electron chi connectivity index (χ2n) is 5.51. The van der Waals surface area contributed by atoms with Gasteiger partial charge in [0.2, 0.25) is 5.91 Å².